The summed E-state index contributed by atoms with van der Waals surface area (Å²) < 4.78 is 0. The molecule has 1 saturated heterocycles. The van der Waals surface area contributed by atoms with Gasteiger partial charge in [0.05, 0.1) is 0 Å². The molecule has 0 aromatic rings. The first-order valence-corrected chi connectivity index (χ1v) is 5.60. The number of amides is 2. The van der Waals surface area contributed by atoms with Crippen LogP contribution in [0.25, 0.3) is 0 Å². The summed E-state index contributed by atoms with van der Waals surface area (Å²) in [6, 6.07) is 0. The van der Waals surface area contributed by atoms with E-state index in [1.807, 2.05) is 13.8 Å². The van der Waals surface area contributed by atoms with Crippen molar-refractivity contribution in [1.29, 1.82) is 0 Å². The molecule has 0 bridgehead atoms. The molecule has 2 fully saturated rings. The Labute approximate surface area is 90.0 Å². The molecule has 2 aliphatic rings. The molecule has 0 atom stereocenters. The number of nitrogens with zero attached hydrogens (tertiary/aromatic N) is 1. The quantitative estimate of drug-likeness (QED) is 0.722. The Balaban J connectivity index is 2.04. The average molecular weight is 210 g/mol. The third-order valence-electron chi connectivity index (χ3n) is 3.31. The minimum absolute atomic E-state index is 0.0436. The van der Waals surface area contributed by atoms with Crippen LogP contribution in [-0.2, 0) is 9.59 Å². The van der Waals surface area contributed by atoms with E-state index in [0.29, 0.717) is 25.4 Å². The van der Waals surface area contributed by atoms with Gasteiger partial charge in [-0.3, -0.25) is 9.59 Å². The lowest BCUT2D eigenvalue weighted by Crippen LogP contribution is -2.63. The lowest BCUT2D eigenvalue weighted by atomic mass is 9.98. The van der Waals surface area contributed by atoms with Crippen molar-refractivity contribution >= 4 is 11.8 Å². The van der Waals surface area contributed by atoms with Gasteiger partial charge in [0.25, 0.3) is 0 Å². The third kappa shape index (κ3) is 1.98. The van der Waals surface area contributed by atoms with Crippen molar-refractivity contribution < 1.29 is 9.59 Å². The molecule has 15 heavy (non-hydrogen) atoms. The fourth-order valence-corrected chi connectivity index (χ4v) is 2.02. The lowest BCUT2D eigenvalue weighted by molar-refractivity contribution is -0.149. The normalized spacial score (nSPS) is 24.9. The molecular formula is C11H18N2O2. The van der Waals surface area contributed by atoms with E-state index < -0.39 is 5.54 Å². The van der Waals surface area contributed by atoms with E-state index in [2.05, 4.69) is 5.32 Å². The van der Waals surface area contributed by atoms with E-state index in [-0.39, 0.29) is 11.8 Å². The number of carbonyl (C=O) groups is 2. The summed E-state index contributed by atoms with van der Waals surface area (Å²) in [5, 5.41) is 2.79. The first-order chi connectivity index (χ1) is 7.01. The fourth-order valence-electron chi connectivity index (χ4n) is 2.02. The molecule has 0 aromatic carbocycles. The highest BCUT2D eigenvalue weighted by Gasteiger charge is 2.41. The zero-order valence-corrected chi connectivity index (χ0v) is 9.38. The fraction of sp³-hybridized carbons (Fsp3) is 0.818. The van der Waals surface area contributed by atoms with Gasteiger partial charge in [0, 0.05) is 19.5 Å². The molecule has 1 aliphatic carbocycles. The van der Waals surface area contributed by atoms with Crippen LogP contribution in [0, 0.1) is 5.92 Å². The molecule has 1 heterocycles. The molecule has 2 rings (SSSR count). The smallest absolute Gasteiger partial charge is 0.245 e. The molecule has 0 radical (unpaired) electrons. The maximum atomic E-state index is 12.0. The highest BCUT2D eigenvalue weighted by Crippen LogP contribution is 2.34. The van der Waals surface area contributed by atoms with Crippen molar-refractivity contribution in [2.45, 2.75) is 38.6 Å². The van der Waals surface area contributed by atoms with Crippen molar-refractivity contribution in [3.8, 4) is 0 Å². The SMILES string of the molecule is CC1(C)C(=O)NCCN1C(=O)CC1CC1. The van der Waals surface area contributed by atoms with Crippen LogP contribution in [0.4, 0.5) is 0 Å². The lowest BCUT2D eigenvalue weighted by Gasteiger charge is -2.41. The van der Waals surface area contributed by atoms with Crippen LogP contribution in [-0.4, -0.2) is 35.3 Å². The van der Waals surface area contributed by atoms with E-state index >= 15 is 0 Å². The zero-order valence-electron chi connectivity index (χ0n) is 9.38. The van der Waals surface area contributed by atoms with Crippen molar-refractivity contribution in [2.24, 2.45) is 5.92 Å². The standard InChI is InChI=1S/C11H18N2O2/c1-11(2)10(15)12-5-6-13(11)9(14)7-8-3-4-8/h8H,3-7H2,1-2H3,(H,12,15). The van der Waals surface area contributed by atoms with E-state index in [9.17, 15) is 9.59 Å². The minimum atomic E-state index is -0.676. The molecule has 2 amide bonds. The van der Waals surface area contributed by atoms with Crippen molar-refractivity contribution in [1.82, 2.24) is 10.2 Å². The predicted octanol–water partition coefficient (Wildman–Crippen LogP) is 0.523. The number of hydrogen-bond donors (Lipinski definition) is 1. The maximum Gasteiger partial charge on any atom is 0.245 e. The van der Waals surface area contributed by atoms with Gasteiger partial charge in [0.15, 0.2) is 0 Å². The van der Waals surface area contributed by atoms with Gasteiger partial charge in [-0.1, -0.05) is 0 Å². The number of carbonyl (C=O) groups excluding carboxylic acids is 2. The Morgan fingerprint density at radius 3 is 2.80 bits per heavy atom. The van der Waals surface area contributed by atoms with E-state index in [4.69, 9.17) is 0 Å². The molecule has 0 spiro atoms. The molecule has 1 saturated carbocycles. The molecule has 0 unspecified atom stereocenters. The Kier molecular flexibility index (Phi) is 2.44. The van der Waals surface area contributed by atoms with Gasteiger partial charge in [0.1, 0.15) is 5.54 Å². The highest BCUT2D eigenvalue weighted by atomic mass is 16.2. The molecule has 1 aliphatic heterocycles. The second-order valence-corrected chi connectivity index (χ2v) is 5.01. The van der Waals surface area contributed by atoms with E-state index in [1.165, 1.54) is 12.8 Å². The summed E-state index contributed by atoms with van der Waals surface area (Å²) in [6.07, 6.45) is 2.97. The van der Waals surface area contributed by atoms with Gasteiger partial charge in [-0.25, -0.2) is 0 Å². The summed E-state index contributed by atoms with van der Waals surface area (Å²) >= 11 is 0. The maximum absolute atomic E-state index is 12.0. The number of nitrogens with one attached hydrogen (secondary N) is 1. The van der Waals surface area contributed by atoms with Crippen LogP contribution in [0.3, 0.4) is 0 Å². The molecule has 4 nitrogen and oxygen atoms in total. The first kappa shape index (κ1) is 10.5. The summed E-state index contributed by atoms with van der Waals surface area (Å²) in [5.41, 5.74) is -0.676. The molecule has 0 aromatic heterocycles. The Morgan fingerprint density at radius 2 is 2.20 bits per heavy atom. The number of piperazine rings is 1. The zero-order chi connectivity index (χ0) is 11.1. The molecular weight excluding hydrogens is 192 g/mol. The van der Waals surface area contributed by atoms with Gasteiger partial charge in [-0.05, 0) is 32.6 Å². The van der Waals surface area contributed by atoms with Crippen molar-refractivity contribution in [2.75, 3.05) is 13.1 Å². The van der Waals surface area contributed by atoms with E-state index in [0.717, 1.165) is 0 Å². The van der Waals surface area contributed by atoms with Gasteiger partial charge in [-0.2, -0.15) is 0 Å². The van der Waals surface area contributed by atoms with E-state index in [1.54, 1.807) is 4.90 Å². The molecule has 84 valence electrons. The second-order valence-electron chi connectivity index (χ2n) is 5.01. The first-order valence-electron chi connectivity index (χ1n) is 5.60. The summed E-state index contributed by atoms with van der Waals surface area (Å²) in [5.74, 6) is 0.675. The number of rotatable bonds is 2. The van der Waals surface area contributed by atoms with Crippen LogP contribution in [0.15, 0.2) is 0 Å². The van der Waals surface area contributed by atoms with Gasteiger partial charge >= 0.3 is 0 Å². The van der Waals surface area contributed by atoms with Crippen LogP contribution >= 0.6 is 0 Å². The summed E-state index contributed by atoms with van der Waals surface area (Å²) in [7, 11) is 0. The van der Waals surface area contributed by atoms with Crippen molar-refractivity contribution in [3.63, 3.8) is 0 Å². The molecule has 1 N–H and O–H groups in total. The van der Waals surface area contributed by atoms with Crippen LogP contribution in [0.2, 0.25) is 0 Å². The summed E-state index contributed by atoms with van der Waals surface area (Å²) in [4.78, 5) is 25.3. The van der Waals surface area contributed by atoms with Gasteiger partial charge < -0.3 is 10.2 Å². The predicted molar refractivity (Wildman–Crippen MR) is 56.1 cm³/mol. The minimum Gasteiger partial charge on any atom is -0.352 e. The van der Waals surface area contributed by atoms with Crippen LogP contribution in [0.5, 0.6) is 0 Å². The Hall–Kier alpha value is -1.06. The third-order valence-corrected chi connectivity index (χ3v) is 3.31. The number of hydrogen-bond acceptors (Lipinski definition) is 2. The van der Waals surface area contributed by atoms with Crippen LogP contribution < -0.4 is 5.32 Å². The van der Waals surface area contributed by atoms with Crippen LogP contribution in [0.1, 0.15) is 33.1 Å². The topological polar surface area (TPSA) is 49.4 Å². The van der Waals surface area contributed by atoms with Crippen molar-refractivity contribution in [3.05, 3.63) is 0 Å². The monoisotopic (exact) mass is 210 g/mol. The average Bonchev–Trinajstić information content (AvgIpc) is 2.93. The summed E-state index contributed by atoms with van der Waals surface area (Å²) in [6.45, 7) is 4.85. The molecule has 4 heteroatoms. The Bertz CT molecular complexity index is 295. The highest BCUT2D eigenvalue weighted by molar-refractivity contribution is 5.91. The largest absolute Gasteiger partial charge is 0.352 e. The second kappa shape index (κ2) is 3.51. The Morgan fingerprint density at radius 1 is 1.53 bits per heavy atom. The van der Waals surface area contributed by atoms with Gasteiger partial charge in [0.2, 0.25) is 11.8 Å². The van der Waals surface area contributed by atoms with Gasteiger partial charge in [-0.15, -0.1) is 0 Å².